The van der Waals surface area contributed by atoms with Crippen LogP contribution in [0.25, 0.3) is 0 Å². The van der Waals surface area contributed by atoms with Gasteiger partial charge >= 0.3 is 0 Å². The van der Waals surface area contributed by atoms with Crippen molar-refractivity contribution in [2.75, 3.05) is 0 Å². The fourth-order valence-electron chi connectivity index (χ4n) is 1.58. The number of pyridine rings is 1. The first kappa shape index (κ1) is 6.80. The van der Waals surface area contributed by atoms with Crippen molar-refractivity contribution < 1.29 is 5.11 Å². The molecule has 11 heavy (non-hydrogen) atoms. The lowest BCUT2D eigenvalue weighted by molar-refractivity contribution is 0.00330. The molecule has 1 heterocycles. The standard InChI is InChI=1S/C9H11NO/c1-2-9(11)6-7-4-3-5-10-8(7)9/h3-5,11H,2,6H2,1H3. The first-order valence-electron chi connectivity index (χ1n) is 3.93. The summed E-state index contributed by atoms with van der Waals surface area (Å²) in [6.07, 6.45) is 3.27. The molecule has 1 aromatic rings. The van der Waals surface area contributed by atoms with Crippen molar-refractivity contribution in [3.8, 4) is 0 Å². The summed E-state index contributed by atoms with van der Waals surface area (Å²) in [5.41, 5.74) is 1.45. The molecule has 0 saturated carbocycles. The van der Waals surface area contributed by atoms with Crippen molar-refractivity contribution >= 4 is 0 Å². The van der Waals surface area contributed by atoms with Crippen LogP contribution < -0.4 is 0 Å². The average Bonchev–Trinajstić information content (AvgIpc) is 2.02. The number of nitrogens with zero attached hydrogens (tertiary/aromatic N) is 1. The Morgan fingerprint density at radius 3 is 3.18 bits per heavy atom. The summed E-state index contributed by atoms with van der Waals surface area (Å²) in [7, 11) is 0. The van der Waals surface area contributed by atoms with Gasteiger partial charge in [0.2, 0.25) is 0 Å². The summed E-state index contributed by atoms with van der Waals surface area (Å²) in [6.45, 7) is 1.98. The zero-order valence-corrected chi connectivity index (χ0v) is 6.54. The third kappa shape index (κ3) is 0.792. The lowest BCUT2D eigenvalue weighted by Gasteiger charge is -2.37. The van der Waals surface area contributed by atoms with Crippen LogP contribution in [-0.2, 0) is 12.0 Å². The summed E-state index contributed by atoms with van der Waals surface area (Å²) in [4.78, 5) is 4.14. The summed E-state index contributed by atoms with van der Waals surface area (Å²) < 4.78 is 0. The van der Waals surface area contributed by atoms with Crippen molar-refractivity contribution in [3.05, 3.63) is 29.6 Å². The predicted molar refractivity (Wildman–Crippen MR) is 42.1 cm³/mol. The van der Waals surface area contributed by atoms with Crippen LogP contribution in [0.2, 0.25) is 0 Å². The molecule has 1 unspecified atom stereocenters. The van der Waals surface area contributed by atoms with Gasteiger partial charge in [0.25, 0.3) is 0 Å². The second-order valence-electron chi connectivity index (χ2n) is 3.07. The Hall–Kier alpha value is -0.890. The van der Waals surface area contributed by atoms with Crippen LogP contribution in [0.15, 0.2) is 18.3 Å². The third-order valence-electron chi connectivity index (χ3n) is 2.40. The first-order chi connectivity index (χ1) is 5.26. The van der Waals surface area contributed by atoms with E-state index in [1.165, 1.54) is 5.56 Å². The Morgan fingerprint density at radius 1 is 1.73 bits per heavy atom. The molecule has 2 nitrogen and oxygen atoms in total. The average molecular weight is 149 g/mol. The number of aromatic nitrogens is 1. The van der Waals surface area contributed by atoms with Gasteiger partial charge in [0.05, 0.1) is 5.69 Å². The molecular weight excluding hydrogens is 138 g/mol. The molecule has 0 fully saturated rings. The van der Waals surface area contributed by atoms with Crippen LogP contribution in [0, 0.1) is 0 Å². The van der Waals surface area contributed by atoms with Gasteiger partial charge in [-0.2, -0.15) is 0 Å². The van der Waals surface area contributed by atoms with Gasteiger partial charge in [-0.1, -0.05) is 13.0 Å². The molecule has 1 aliphatic carbocycles. The van der Waals surface area contributed by atoms with Crippen LogP contribution >= 0.6 is 0 Å². The summed E-state index contributed by atoms with van der Waals surface area (Å²) >= 11 is 0. The fourth-order valence-corrected chi connectivity index (χ4v) is 1.58. The summed E-state index contributed by atoms with van der Waals surface area (Å²) in [5.74, 6) is 0. The highest BCUT2D eigenvalue weighted by Gasteiger charge is 2.40. The molecule has 0 spiro atoms. The molecule has 0 bridgehead atoms. The number of hydrogen-bond acceptors (Lipinski definition) is 2. The van der Waals surface area contributed by atoms with E-state index in [0.717, 1.165) is 18.5 Å². The maximum absolute atomic E-state index is 9.81. The van der Waals surface area contributed by atoms with E-state index in [9.17, 15) is 5.11 Å². The minimum absolute atomic E-state index is 0.614. The van der Waals surface area contributed by atoms with E-state index >= 15 is 0 Å². The van der Waals surface area contributed by atoms with Gasteiger partial charge in [-0.05, 0) is 18.1 Å². The highest BCUT2D eigenvalue weighted by Crippen LogP contribution is 2.39. The molecule has 1 aromatic heterocycles. The van der Waals surface area contributed by atoms with Crippen molar-refractivity contribution in [1.29, 1.82) is 0 Å². The highest BCUT2D eigenvalue weighted by molar-refractivity contribution is 5.36. The number of aliphatic hydroxyl groups is 1. The second kappa shape index (κ2) is 2.05. The highest BCUT2D eigenvalue weighted by atomic mass is 16.3. The van der Waals surface area contributed by atoms with E-state index < -0.39 is 5.60 Å². The van der Waals surface area contributed by atoms with Gasteiger partial charge in [0, 0.05) is 12.6 Å². The Balaban J connectivity index is 2.43. The van der Waals surface area contributed by atoms with Crippen LogP contribution in [0.1, 0.15) is 24.6 Å². The number of fused-ring (bicyclic) bond motifs is 1. The Kier molecular flexibility index (Phi) is 1.26. The molecule has 2 heteroatoms. The zero-order valence-electron chi connectivity index (χ0n) is 6.54. The number of hydrogen-bond donors (Lipinski definition) is 1. The van der Waals surface area contributed by atoms with Crippen LogP contribution in [-0.4, -0.2) is 10.1 Å². The molecule has 0 saturated heterocycles. The van der Waals surface area contributed by atoms with Crippen LogP contribution in [0.5, 0.6) is 0 Å². The third-order valence-corrected chi connectivity index (χ3v) is 2.40. The molecule has 0 amide bonds. The summed E-state index contributed by atoms with van der Waals surface area (Å²) in [6, 6.07) is 3.93. The molecule has 0 radical (unpaired) electrons. The molecule has 2 rings (SSSR count). The van der Waals surface area contributed by atoms with E-state index in [4.69, 9.17) is 0 Å². The molecule has 58 valence electrons. The summed E-state index contributed by atoms with van der Waals surface area (Å²) in [5, 5.41) is 9.81. The minimum atomic E-state index is -0.614. The van der Waals surface area contributed by atoms with Crippen LogP contribution in [0.3, 0.4) is 0 Å². The quantitative estimate of drug-likeness (QED) is 0.651. The minimum Gasteiger partial charge on any atom is -0.383 e. The zero-order chi connectivity index (χ0) is 7.90. The smallest absolute Gasteiger partial charge is 0.111 e. The van der Waals surface area contributed by atoms with Gasteiger partial charge in [-0.15, -0.1) is 0 Å². The molecule has 1 N–H and O–H groups in total. The number of rotatable bonds is 1. The Morgan fingerprint density at radius 2 is 2.55 bits per heavy atom. The van der Waals surface area contributed by atoms with E-state index in [-0.39, 0.29) is 0 Å². The monoisotopic (exact) mass is 149 g/mol. The molecule has 0 aliphatic heterocycles. The SMILES string of the molecule is CCC1(O)Cc2cccnc21. The van der Waals surface area contributed by atoms with Crippen molar-refractivity contribution in [2.24, 2.45) is 0 Å². The maximum Gasteiger partial charge on any atom is 0.111 e. The molecule has 1 atom stereocenters. The van der Waals surface area contributed by atoms with Gasteiger partial charge in [0.1, 0.15) is 5.60 Å². The normalized spacial score (nSPS) is 27.5. The second-order valence-corrected chi connectivity index (χ2v) is 3.07. The van der Waals surface area contributed by atoms with E-state index in [1.807, 2.05) is 19.1 Å². The predicted octanol–water partition coefficient (Wildman–Crippen LogP) is 1.24. The van der Waals surface area contributed by atoms with Gasteiger partial charge in [-0.25, -0.2) is 0 Å². The van der Waals surface area contributed by atoms with Crippen molar-refractivity contribution in [1.82, 2.24) is 4.98 Å². The Labute approximate surface area is 65.9 Å². The maximum atomic E-state index is 9.81. The molecule has 0 aromatic carbocycles. The van der Waals surface area contributed by atoms with E-state index in [0.29, 0.717) is 0 Å². The lowest BCUT2D eigenvalue weighted by Crippen LogP contribution is -2.39. The van der Waals surface area contributed by atoms with E-state index in [1.54, 1.807) is 6.20 Å². The van der Waals surface area contributed by atoms with Crippen molar-refractivity contribution in [2.45, 2.75) is 25.4 Å². The first-order valence-corrected chi connectivity index (χ1v) is 3.93. The Bertz CT molecular complexity index is 285. The van der Waals surface area contributed by atoms with Gasteiger partial charge in [0.15, 0.2) is 0 Å². The molecular formula is C9H11NO. The molecule has 1 aliphatic rings. The van der Waals surface area contributed by atoms with E-state index in [2.05, 4.69) is 4.98 Å². The lowest BCUT2D eigenvalue weighted by atomic mass is 9.76. The van der Waals surface area contributed by atoms with Gasteiger partial charge in [-0.3, -0.25) is 4.98 Å². The fraction of sp³-hybridized carbons (Fsp3) is 0.444. The van der Waals surface area contributed by atoms with Gasteiger partial charge < -0.3 is 5.11 Å². The van der Waals surface area contributed by atoms with Crippen molar-refractivity contribution in [3.63, 3.8) is 0 Å². The topological polar surface area (TPSA) is 33.1 Å². The van der Waals surface area contributed by atoms with Crippen LogP contribution in [0.4, 0.5) is 0 Å². The largest absolute Gasteiger partial charge is 0.383 e.